The highest BCUT2D eigenvalue weighted by atomic mass is 16.2. The number of carbonyl (C=O) groups is 5. The lowest BCUT2D eigenvalue weighted by atomic mass is 10.1. The SMILES string of the molecule is Cc1ccc(NC(=O)NC(=O)CN2C(=O)C(=O)N(C(C)C)C2=O)c(C)c1. The molecule has 0 saturated carbocycles. The first-order chi connectivity index (χ1) is 12.1. The van der Waals surface area contributed by atoms with Crippen LogP contribution in [0.4, 0.5) is 15.3 Å². The van der Waals surface area contributed by atoms with Crippen LogP contribution < -0.4 is 10.6 Å². The fourth-order valence-electron chi connectivity index (χ4n) is 2.53. The van der Waals surface area contributed by atoms with Crippen LogP contribution in [0.3, 0.4) is 0 Å². The van der Waals surface area contributed by atoms with Crippen molar-refractivity contribution in [3.63, 3.8) is 0 Å². The van der Waals surface area contributed by atoms with Gasteiger partial charge in [-0.15, -0.1) is 0 Å². The summed E-state index contributed by atoms with van der Waals surface area (Å²) in [4.78, 5) is 60.9. The van der Waals surface area contributed by atoms with Crippen LogP contribution in [0.5, 0.6) is 0 Å². The van der Waals surface area contributed by atoms with E-state index >= 15 is 0 Å². The van der Waals surface area contributed by atoms with Gasteiger partial charge < -0.3 is 5.32 Å². The minimum absolute atomic E-state index is 0.514. The number of anilines is 1. The van der Waals surface area contributed by atoms with E-state index in [1.54, 1.807) is 32.9 Å². The van der Waals surface area contributed by atoms with Crippen LogP contribution in [-0.2, 0) is 14.4 Å². The number of amides is 7. The molecule has 0 aromatic heterocycles. The van der Waals surface area contributed by atoms with Gasteiger partial charge in [-0.3, -0.25) is 24.6 Å². The number of imide groups is 3. The van der Waals surface area contributed by atoms with Crippen molar-refractivity contribution in [1.29, 1.82) is 0 Å². The van der Waals surface area contributed by atoms with E-state index in [0.29, 0.717) is 10.6 Å². The van der Waals surface area contributed by atoms with Crippen LogP contribution in [0.15, 0.2) is 18.2 Å². The summed E-state index contributed by atoms with van der Waals surface area (Å²) >= 11 is 0. The third kappa shape index (κ3) is 3.88. The molecule has 1 fully saturated rings. The molecule has 1 aliphatic heterocycles. The zero-order chi connectivity index (χ0) is 19.6. The van der Waals surface area contributed by atoms with Gasteiger partial charge in [-0.25, -0.2) is 14.5 Å². The van der Waals surface area contributed by atoms with Crippen molar-refractivity contribution in [2.45, 2.75) is 33.7 Å². The van der Waals surface area contributed by atoms with Crippen molar-refractivity contribution in [3.8, 4) is 0 Å². The van der Waals surface area contributed by atoms with Crippen LogP contribution in [0.2, 0.25) is 0 Å². The van der Waals surface area contributed by atoms with E-state index < -0.39 is 42.4 Å². The van der Waals surface area contributed by atoms with E-state index in [4.69, 9.17) is 0 Å². The highest BCUT2D eigenvalue weighted by Gasteiger charge is 2.46. The summed E-state index contributed by atoms with van der Waals surface area (Å²) in [6.07, 6.45) is 0. The van der Waals surface area contributed by atoms with Gasteiger partial charge in [0.15, 0.2) is 0 Å². The largest absolute Gasteiger partial charge is 0.334 e. The van der Waals surface area contributed by atoms with E-state index in [0.717, 1.165) is 16.0 Å². The summed E-state index contributed by atoms with van der Waals surface area (Å²) in [7, 11) is 0. The number of urea groups is 2. The average Bonchev–Trinajstić information content (AvgIpc) is 2.73. The maximum Gasteiger partial charge on any atom is 0.334 e. The van der Waals surface area contributed by atoms with Gasteiger partial charge in [0, 0.05) is 11.7 Å². The second kappa shape index (κ2) is 7.34. The number of carbonyl (C=O) groups excluding carboxylic acids is 5. The molecule has 1 aromatic carbocycles. The van der Waals surface area contributed by atoms with Crippen LogP contribution in [-0.4, -0.2) is 52.2 Å². The summed E-state index contributed by atoms with van der Waals surface area (Å²) in [5.74, 6) is -2.96. The van der Waals surface area contributed by atoms with Crippen molar-refractivity contribution in [2.24, 2.45) is 0 Å². The first-order valence-electron chi connectivity index (χ1n) is 7.99. The summed E-state index contributed by atoms with van der Waals surface area (Å²) < 4.78 is 0. The van der Waals surface area contributed by atoms with Gasteiger partial charge in [0.25, 0.3) is 0 Å². The van der Waals surface area contributed by atoms with Gasteiger partial charge in [0.05, 0.1) is 0 Å². The Morgan fingerprint density at radius 2 is 1.73 bits per heavy atom. The summed E-state index contributed by atoms with van der Waals surface area (Å²) in [6, 6.07) is 3.18. The van der Waals surface area contributed by atoms with E-state index in [1.165, 1.54) is 0 Å². The Balaban J connectivity index is 1.98. The molecular weight excluding hydrogens is 340 g/mol. The summed E-state index contributed by atoms with van der Waals surface area (Å²) in [5.41, 5.74) is 2.36. The molecule has 0 aliphatic carbocycles. The molecule has 1 aliphatic rings. The second-order valence-electron chi connectivity index (χ2n) is 6.26. The van der Waals surface area contributed by atoms with E-state index in [-0.39, 0.29) is 0 Å². The van der Waals surface area contributed by atoms with Crippen LogP contribution in [0.1, 0.15) is 25.0 Å². The number of hydrogen-bond acceptors (Lipinski definition) is 5. The lowest BCUT2D eigenvalue weighted by molar-refractivity contribution is -0.144. The van der Waals surface area contributed by atoms with E-state index in [2.05, 4.69) is 5.32 Å². The molecule has 0 bridgehead atoms. The molecule has 0 radical (unpaired) electrons. The van der Waals surface area contributed by atoms with Crippen LogP contribution in [0.25, 0.3) is 0 Å². The van der Waals surface area contributed by atoms with Gasteiger partial charge >= 0.3 is 23.9 Å². The van der Waals surface area contributed by atoms with E-state index in [1.807, 2.05) is 18.3 Å². The van der Waals surface area contributed by atoms with E-state index in [9.17, 15) is 24.0 Å². The maximum absolute atomic E-state index is 12.1. The fourth-order valence-corrected chi connectivity index (χ4v) is 2.53. The Morgan fingerprint density at radius 3 is 2.27 bits per heavy atom. The van der Waals surface area contributed by atoms with Gasteiger partial charge in [0.1, 0.15) is 6.54 Å². The number of aryl methyl sites for hydroxylation is 2. The van der Waals surface area contributed by atoms with Crippen molar-refractivity contribution in [2.75, 3.05) is 11.9 Å². The molecule has 7 amide bonds. The Hall–Kier alpha value is -3.23. The smallest absolute Gasteiger partial charge is 0.307 e. The van der Waals surface area contributed by atoms with Crippen molar-refractivity contribution in [1.82, 2.24) is 15.1 Å². The topological polar surface area (TPSA) is 116 Å². The first kappa shape index (κ1) is 19.1. The molecule has 0 spiro atoms. The molecule has 26 heavy (non-hydrogen) atoms. The Bertz CT molecular complexity index is 802. The number of nitrogens with one attached hydrogen (secondary N) is 2. The van der Waals surface area contributed by atoms with Gasteiger partial charge in [-0.2, -0.15) is 0 Å². The Labute approximate surface area is 150 Å². The van der Waals surface area contributed by atoms with Crippen LogP contribution in [0, 0.1) is 13.8 Å². The van der Waals surface area contributed by atoms with Gasteiger partial charge in [-0.05, 0) is 39.3 Å². The Morgan fingerprint density at radius 1 is 1.08 bits per heavy atom. The minimum atomic E-state index is -1.09. The zero-order valence-electron chi connectivity index (χ0n) is 15.0. The highest BCUT2D eigenvalue weighted by molar-refractivity contribution is 6.45. The molecule has 9 nitrogen and oxygen atoms in total. The van der Waals surface area contributed by atoms with Crippen LogP contribution >= 0.6 is 0 Å². The molecule has 1 aromatic rings. The number of nitrogens with zero attached hydrogens (tertiary/aromatic N) is 2. The molecule has 9 heteroatoms. The third-order valence-corrected chi connectivity index (χ3v) is 3.79. The monoisotopic (exact) mass is 360 g/mol. The quantitative estimate of drug-likeness (QED) is 0.617. The van der Waals surface area contributed by atoms with Gasteiger partial charge in [0.2, 0.25) is 5.91 Å². The molecule has 138 valence electrons. The minimum Gasteiger partial charge on any atom is -0.307 e. The molecule has 1 heterocycles. The molecule has 0 atom stereocenters. The normalized spacial score (nSPS) is 14.3. The second-order valence-corrected chi connectivity index (χ2v) is 6.26. The molecule has 2 N–H and O–H groups in total. The summed E-state index contributed by atoms with van der Waals surface area (Å²) in [5, 5.41) is 4.55. The lowest BCUT2D eigenvalue weighted by Crippen LogP contribution is -2.45. The molecule has 2 rings (SSSR count). The molecule has 0 unspecified atom stereocenters. The first-order valence-corrected chi connectivity index (χ1v) is 7.99. The highest BCUT2D eigenvalue weighted by Crippen LogP contribution is 2.16. The predicted molar refractivity (Wildman–Crippen MR) is 92.2 cm³/mol. The van der Waals surface area contributed by atoms with Crippen molar-refractivity contribution in [3.05, 3.63) is 29.3 Å². The van der Waals surface area contributed by atoms with Gasteiger partial charge in [-0.1, -0.05) is 17.7 Å². The number of benzene rings is 1. The Kier molecular flexibility index (Phi) is 5.39. The lowest BCUT2D eigenvalue weighted by Gasteiger charge is -2.18. The van der Waals surface area contributed by atoms with Crippen molar-refractivity contribution >= 4 is 35.5 Å². The maximum atomic E-state index is 12.1. The summed E-state index contributed by atoms with van der Waals surface area (Å²) in [6.45, 7) is 6.14. The zero-order valence-corrected chi connectivity index (χ0v) is 15.0. The molecular formula is C17H20N4O5. The average molecular weight is 360 g/mol. The molecule has 1 saturated heterocycles. The fraction of sp³-hybridized carbons (Fsp3) is 0.353. The standard InChI is InChI=1S/C17H20N4O5/c1-9(2)21-15(24)14(23)20(17(21)26)8-13(22)19-16(25)18-12-6-5-10(3)7-11(12)4/h5-7,9H,8H2,1-4H3,(H2,18,19,22,25). The number of rotatable bonds is 4. The third-order valence-electron chi connectivity index (χ3n) is 3.79. The van der Waals surface area contributed by atoms with Crippen molar-refractivity contribution < 1.29 is 24.0 Å². The number of hydrogen-bond donors (Lipinski definition) is 2. The predicted octanol–water partition coefficient (Wildman–Crippen LogP) is 1.15.